The first-order chi connectivity index (χ1) is 6.15. The Morgan fingerprint density at radius 3 is 2.69 bits per heavy atom. The molecule has 0 spiro atoms. The monoisotopic (exact) mass is 185 g/mol. The molecule has 3 nitrogen and oxygen atoms in total. The third kappa shape index (κ3) is 2.69. The molecule has 0 aliphatic carbocycles. The molecule has 1 heterocycles. The van der Waals surface area contributed by atoms with Crippen LogP contribution in [0.15, 0.2) is 0 Å². The Labute approximate surface area is 79.8 Å². The number of carbonyl (C=O) groups is 1. The molecule has 1 aliphatic heterocycles. The van der Waals surface area contributed by atoms with Gasteiger partial charge in [0.15, 0.2) is 0 Å². The number of rotatable bonds is 2. The first kappa shape index (κ1) is 10.5. The van der Waals surface area contributed by atoms with E-state index in [1.165, 1.54) is 0 Å². The Hall–Kier alpha value is -0.570. The van der Waals surface area contributed by atoms with E-state index in [-0.39, 0.29) is 12.0 Å². The highest BCUT2D eigenvalue weighted by atomic mass is 16.5. The second kappa shape index (κ2) is 4.61. The van der Waals surface area contributed by atoms with Crippen LogP contribution in [0.25, 0.3) is 0 Å². The van der Waals surface area contributed by atoms with Crippen LogP contribution >= 0.6 is 0 Å². The zero-order valence-corrected chi connectivity index (χ0v) is 8.67. The summed E-state index contributed by atoms with van der Waals surface area (Å²) in [5, 5.41) is 3.21. The number of carbonyl (C=O) groups excluding carboxylic acids is 1. The second-order valence-electron chi connectivity index (χ2n) is 3.90. The van der Waals surface area contributed by atoms with E-state index in [0.29, 0.717) is 18.4 Å². The minimum atomic E-state index is -0.0961. The maximum Gasteiger partial charge on any atom is 0.323 e. The van der Waals surface area contributed by atoms with Crippen LogP contribution in [0, 0.1) is 11.8 Å². The number of nitrogens with one attached hydrogen (secondary N) is 1. The van der Waals surface area contributed by atoms with E-state index in [2.05, 4.69) is 19.2 Å². The summed E-state index contributed by atoms with van der Waals surface area (Å²) in [5.74, 6) is 1.17. The Bertz CT molecular complexity index is 182. The smallest absolute Gasteiger partial charge is 0.323 e. The van der Waals surface area contributed by atoms with Gasteiger partial charge in [0.05, 0.1) is 6.61 Å². The summed E-state index contributed by atoms with van der Waals surface area (Å²) in [6.45, 7) is 7.63. The summed E-state index contributed by atoms with van der Waals surface area (Å²) in [4.78, 5) is 11.4. The molecule has 0 aromatic carbocycles. The van der Waals surface area contributed by atoms with E-state index in [4.69, 9.17) is 4.74 Å². The largest absolute Gasteiger partial charge is 0.465 e. The van der Waals surface area contributed by atoms with Crippen molar-refractivity contribution in [1.82, 2.24) is 5.32 Å². The molecule has 0 aromatic heterocycles. The van der Waals surface area contributed by atoms with Crippen molar-refractivity contribution in [3.63, 3.8) is 0 Å². The molecule has 1 N–H and O–H groups in total. The van der Waals surface area contributed by atoms with Gasteiger partial charge >= 0.3 is 5.97 Å². The molecule has 0 saturated carbocycles. The van der Waals surface area contributed by atoms with Crippen molar-refractivity contribution in [2.45, 2.75) is 33.2 Å². The zero-order chi connectivity index (χ0) is 9.84. The van der Waals surface area contributed by atoms with E-state index >= 15 is 0 Å². The fourth-order valence-corrected chi connectivity index (χ4v) is 1.64. The lowest BCUT2D eigenvalue weighted by Crippen LogP contribution is -2.47. The third-order valence-corrected chi connectivity index (χ3v) is 2.84. The Kier molecular flexibility index (Phi) is 3.72. The average Bonchev–Trinajstić information content (AvgIpc) is 2.10. The minimum absolute atomic E-state index is 0.0776. The second-order valence-corrected chi connectivity index (χ2v) is 3.90. The average molecular weight is 185 g/mol. The number of hydrogen-bond acceptors (Lipinski definition) is 3. The quantitative estimate of drug-likeness (QED) is 0.657. The van der Waals surface area contributed by atoms with Gasteiger partial charge in [-0.1, -0.05) is 13.8 Å². The zero-order valence-electron chi connectivity index (χ0n) is 8.67. The third-order valence-electron chi connectivity index (χ3n) is 2.84. The lowest BCUT2D eigenvalue weighted by Gasteiger charge is -2.31. The highest BCUT2D eigenvalue weighted by Crippen LogP contribution is 2.21. The molecule has 0 aromatic rings. The van der Waals surface area contributed by atoms with Crippen molar-refractivity contribution in [3.8, 4) is 0 Å². The fourth-order valence-electron chi connectivity index (χ4n) is 1.64. The molecule has 76 valence electrons. The molecule has 0 unspecified atom stereocenters. The highest BCUT2D eigenvalue weighted by molar-refractivity contribution is 5.75. The van der Waals surface area contributed by atoms with E-state index < -0.39 is 0 Å². The van der Waals surface area contributed by atoms with Gasteiger partial charge in [0.25, 0.3) is 0 Å². The number of piperidine rings is 1. The maximum atomic E-state index is 11.4. The van der Waals surface area contributed by atoms with Crippen LogP contribution in [-0.4, -0.2) is 25.2 Å². The van der Waals surface area contributed by atoms with Crippen LogP contribution in [0.5, 0.6) is 0 Å². The van der Waals surface area contributed by atoms with Crippen molar-refractivity contribution in [3.05, 3.63) is 0 Å². The Morgan fingerprint density at radius 2 is 2.15 bits per heavy atom. The summed E-state index contributed by atoms with van der Waals surface area (Å²) in [7, 11) is 0. The van der Waals surface area contributed by atoms with E-state index in [0.717, 1.165) is 13.0 Å². The van der Waals surface area contributed by atoms with Gasteiger partial charge in [-0.25, -0.2) is 0 Å². The Balaban J connectivity index is 2.40. The molecular weight excluding hydrogens is 166 g/mol. The number of hydrogen-bond donors (Lipinski definition) is 1. The molecule has 3 atom stereocenters. The fraction of sp³-hybridized carbons (Fsp3) is 0.900. The molecule has 1 fully saturated rings. The van der Waals surface area contributed by atoms with Crippen molar-refractivity contribution >= 4 is 5.97 Å². The first-order valence-electron chi connectivity index (χ1n) is 5.05. The Morgan fingerprint density at radius 1 is 1.46 bits per heavy atom. The number of ether oxygens (including phenoxy) is 1. The summed E-state index contributed by atoms with van der Waals surface area (Å²) >= 11 is 0. The van der Waals surface area contributed by atoms with E-state index in [1.807, 2.05) is 6.92 Å². The molecule has 3 heteroatoms. The lowest BCUT2D eigenvalue weighted by molar-refractivity contribution is -0.147. The van der Waals surface area contributed by atoms with E-state index in [9.17, 15) is 4.79 Å². The molecular formula is C10H19NO2. The molecule has 0 amide bonds. The van der Waals surface area contributed by atoms with Gasteiger partial charge in [0, 0.05) is 0 Å². The van der Waals surface area contributed by atoms with E-state index in [1.54, 1.807) is 0 Å². The normalized spacial score (nSPS) is 34.2. The summed E-state index contributed by atoms with van der Waals surface area (Å²) in [6.07, 6.45) is 0.903. The van der Waals surface area contributed by atoms with Gasteiger partial charge in [0.2, 0.25) is 0 Å². The van der Waals surface area contributed by atoms with Crippen LogP contribution in [-0.2, 0) is 9.53 Å². The maximum absolute atomic E-state index is 11.4. The van der Waals surface area contributed by atoms with Gasteiger partial charge in [0.1, 0.15) is 6.04 Å². The van der Waals surface area contributed by atoms with Crippen molar-refractivity contribution in [2.75, 3.05) is 13.2 Å². The molecule has 1 saturated heterocycles. The van der Waals surface area contributed by atoms with Crippen molar-refractivity contribution in [1.29, 1.82) is 0 Å². The lowest BCUT2D eigenvalue weighted by atomic mass is 9.86. The minimum Gasteiger partial charge on any atom is -0.465 e. The molecule has 0 radical (unpaired) electrons. The summed E-state index contributed by atoms with van der Waals surface area (Å²) in [5.41, 5.74) is 0. The number of esters is 1. The van der Waals surface area contributed by atoms with Gasteiger partial charge < -0.3 is 10.1 Å². The standard InChI is InChI=1S/C10H19NO2/c1-4-13-10(12)9-5-7(2)8(3)6-11-9/h7-9,11H,4-6H2,1-3H3/t7-,8+,9-/m0/s1. The SMILES string of the molecule is CCOC(=O)[C@@H]1C[C@H](C)[C@H](C)CN1. The van der Waals surface area contributed by atoms with Crippen LogP contribution in [0.3, 0.4) is 0 Å². The molecule has 13 heavy (non-hydrogen) atoms. The van der Waals surface area contributed by atoms with Crippen LogP contribution < -0.4 is 5.32 Å². The van der Waals surface area contributed by atoms with Crippen LogP contribution in [0.4, 0.5) is 0 Å². The van der Waals surface area contributed by atoms with Crippen LogP contribution in [0.2, 0.25) is 0 Å². The summed E-state index contributed by atoms with van der Waals surface area (Å²) in [6, 6.07) is -0.0776. The van der Waals surface area contributed by atoms with Crippen molar-refractivity contribution < 1.29 is 9.53 Å². The van der Waals surface area contributed by atoms with Crippen LogP contribution in [0.1, 0.15) is 27.2 Å². The first-order valence-corrected chi connectivity index (χ1v) is 5.05. The molecule has 0 bridgehead atoms. The summed E-state index contributed by atoms with van der Waals surface area (Å²) < 4.78 is 4.96. The molecule has 1 rings (SSSR count). The van der Waals surface area contributed by atoms with Crippen molar-refractivity contribution in [2.24, 2.45) is 11.8 Å². The van der Waals surface area contributed by atoms with Gasteiger partial charge in [-0.15, -0.1) is 0 Å². The highest BCUT2D eigenvalue weighted by Gasteiger charge is 2.29. The topological polar surface area (TPSA) is 38.3 Å². The van der Waals surface area contributed by atoms with Gasteiger partial charge in [-0.2, -0.15) is 0 Å². The predicted molar refractivity (Wildman–Crippen MR) is 51.4 cm³/mol. The van der Waals surface area contributed by atoms with Gasteiger partial charge in [-0.05, 0) is 31.7 Å². The van der Waals surface area contributed by atoms with Gasteiger partial charge in [-0.3, -0.25) is 4.79 Å². The predicted octanol–water partition coefficient (Wildman–Crippen LogP) is 1.18. The molecule has 1 aliphatic rings.